The van der Waals surface area contributed by atoms with E-state index in [0.717, 1.165) is 11.3 Å². The van der Waals surface area contributed by atoms with Crippen molar-refractivity contribution in [3.05, 3.63) is 65.2 Å². The molecule has 1 atom stereocenters. The fourth-order valence-electron chi connectivity index (χ4n) is 3.15. The smallest absolute Gasteiger partial charge is 0.0285 e. The standard InChI is InChI=1S/C16H12S/c17-15-9-8-13-11-5-2-1-4-10(11)12-6-3-7-14(15)16(12)13/h1-6,8-9,12,17H,7H2. The van der Waals surface area contributed by atoms with Crippen molar-refractivity contribution in [3.8, 4) is 11.1 Å². The van der Waals surface area contributed by atoms with Crippen LogP contribution in [0.2, 0.25) is 0 Å². The van der Waals surface area contributed by atoms with Crippen LogP contribution in [0.25, 0.3) is 11.1 Å². The van der Waals surface area contributed by atoms with E-state index in [0.29, 0.717) is 5.92 Å². The van der Waals surface area contributed by atoms with Crippen molar-refractivity contribution in [2.45, 2.75) is 17.2 Å². The van der Waals surface area contributed by atoms with Crippen LogP contribution in [0.15, 0.2) is 53.4 Å². The van der Waals surface area contributed by atoms with Gasteiger partial charge in [-0.1, -0.05) is 42.5 Å². The molecule has 17 heavy (non-hydrogen) atoms. The van der Waals surface area contributed by atoms with Gasteiger partial charge in [0.2, 0.25) is 0 Å². The normalized spacial score (nSPS) is 19.0. The molecule has 2 aromatic carbocycles. The Morgan fingerprint density at radius 2 is 1.88 bits per heavy atom. The molecule has 0 nitrogen and oxygen atoms in total. The van der Waals surface area contributed by atoms with Gasteiger partial charge in [0.25, 0.3) is 0 Å². The molecule has 0 fully saturated rings. The molecule has 0 saturated heterocycles. The molecule has 4 rings (SSSR count). The second-order valence-electron chi connectivity index (χ2n) is 4.72. The molecule has 0 aliphatic heterocycles. The predicted molar refractivity (Wildman–Crippen MR) is 73.8 cm³/mol. The molecule has 82 valence electrons. The van der Waals surface area contributed by atoms with Crippen molar-refractivity contribution in [1.82, 2.24) is 0 Å². The second-order valence-corrected chi connectivity index (χ2v) is 5.20. The summed E-state index contributed by atoms with van der Waals surface area (Å²) in [5.74, 6) is 0.456. The molecule has 2 aliphatic carbocycles. The average molecular weight is 236 g/mol. The van der Waals surface area contributed by atoms with E-state index in [1.807, 2.05) is 0 Å². The van der Waals surface area contributed by atoms with Crippen molar-refractivity contribution in [3.63, 3.8) is 0 Å². The molecule has 2 aliphatic rings. The van der Waals surface area contributed by atoms with Crippen LogP contribution in [0.4, 0.5) is 0 Å². The van der Waals surface area contributed by atoms with Crippen LogP contribution >= 0.6 is 12.6 Å². The van der Waals surface area contributed by atoms with Gasteiger partial charge in [0.05, 0.1) is 0 Å². The van der Waals surface area contributed by atoms with Gasteiger partial charge in [0.15, 0.2) is 0 Å². The zero-order valence-corrected chi connectivity index (χ0v) is 10.2. The number of fused-ring (bicyclic) bond motifs is 3. The van der Waals surface area contributed by atoms with E-state index >= 15 is 0 Å². The highest BCUT2D eigenvalue weighted by molar-refractivity contribution is 7.80. The molecule has 2 aromatic rings. The van der Waals surface area contributed by atoms with Crippen LogP contribution in [0, 0.1) is 0 Å². The molecule has 0 heterocycles. The van der Waals surface area contributed by atoms with E-state index < -0.39 is 0 Å². The Morgan fingerprint density at radius 3 is 2.82 bits per heavy atom. The number of hydrogen-bond acceptors (Lipinski definition) is 1. The molecule has 0 spiro atoms. The third-order valence-corrected chi connectivity index (χ3v) is 4.30. The Labute approximate surface area is 106 Å². The van der Waals surface area contributed by atoms with Gasteiger partial charge in [0.1, 0.15) is 0 Å². The average Bonchev–Trinajstić information content (AvgIpc) is 2.70. The van der Waals surface area contributed by atoms with Crippen molar-refractivity contribution in [2.75, 3.05) is 0 Å². The van der Waals surface area contributed by atoms with Crippen molar-refractivity contribution in [1.29, 1.82) is 0 Å². The predicted octanol–water partition coefficient (Wildman–Crippen LogP) is 4.20. The van der Waals surface area contributed by atoms with E-state index in [2.05, 4.69) is 61.2 Å². The molecule has 0 radical (unpaired) electrons. The third-order valence-electron chi connectivity index (χ3n) is 3.88. The minimum atomic E-state index is 0.456. The third kappa shape index (κ3) is 1.15. The van der Waals surface area contributed by atoms with Gasteiger partial charge in [-0.05, 0) is 40.3 Å². The molecule has 0 bridgehead atoms. The van der Waals surface area contributed by atoms with Crippen LogP contribution in [0.5, 0.6) is 0 Å². The Balaban J connectivity index is 2.14. The molecule has 1 heteroatoms. The highest BCUT2D eigenvalue weighted by Gasteiger charge is 2.30. The van der Waals surface area contributed by atoms with Crippen molar-refractivity contribution >= 4 is 12.6 Å². The first-order valence-corrected chi connectivity index (χ1v) is 6.41. The number of thiol groups is 1. The van der Waals surface area contributed by atoms with Gasteiger partial charge in [-0.25, -0.2) is 0 Å². The topological polar surface area (TPSA) is 0 Å². The molecule has 0 amide bonds. The van der Waals surface area contributed by atoms with Crippen LogP contribution < -0.4 is 0 Å². The molecule has 0 saturated carbocycles. The SMILES string of the molecule is Sc1ccc2c3c1CC=CC3c1ccccc1-2. The zero-order chi connectivity index (χ0) is 11.4. The molecule has 0 aromatic heterocycles. The van der Waals surface area contributed by atoms with Crippen LogP contribution in [-0.2, 0) is 6.42 Å². The summed E-state index contributed by atoms with van der Waals surface area (Å²) in [7, 11) is 0. The largest absolute Gasteiger partial charge is 0.143 e. The minimum absolute atomic E-state index is 0.456. The number of allylic oxidation sites excluding steroid dienone is 2. The van der Waals surface area contributed by atoms with Gasteiger partial charge in [-0.3, -0.25) is 0 Å². The Kier molecular flexibility index (Phi) is 1.84. The lowest BCUT2D eigenvalue weighted by Gasteiger charge is -2.18. The van der Waals surface area contributed by atoms with Gasteiger partial charge in [-0.15, -0.1) is 12.6 Å². The first-order chi connectivity index (χ1) is 8.36. The summed E-state index contributed by atoms with van der Waals surface area (Å²) < 4.78 is 0. The van der Waals surface area contributed by atoms with Crippen LogP contribution in [-0.4, -0.2) is 0 Å². The maximum atomic E-state index is 4.60. The summed E-state index contributed by atoms with van der Waals surface area (Å²) in [5.41, 5.74) is 7.14. The lowest BCUT2D eigenvalue weighted by Crippen LogP contribution is -2.03. The minimum Gasteiger partial charge on any atom is -0.143 e. The van der Waals surface area contributed by atoms with E-state index in [9.17, 15) is 0 Å². The highest BCUT2D eigenvalue weighted by Crippen LogP contribution is 2.49. The van der Waals surface area contributed by atoms with Crippen molar-refractivity contribution < 1.29 is 0 Å². The van der Waals surface area contributed by atoms with Gasteiger partial charge in [-0.2, -0.15) is 0 Å². The van der Waals surface area contributed by atoms with Gasteiger partial charge >= 0.3 is 0 Å². The van der Waals surface area contributed by atoms with Crippen molar-refractivity contribution in [2.24, 2.45) is 0 Å². The fraction of sp³-hybridized carbons (Fsp3) is 0.125. The van der Waals surface area contributed by atoms with E-state index in [1.165, 1.54) is 27.8 Å². The van der Waals surface area contributed by atoms with Gasteiger partial charge < -0.3 is 0 Å². The summed E-state index contributed by atoms with van der Waals surface area (Å²) in [6.45, 7) is 0. The lowest BCUT2D eigenvalue weighted by molar-refractivity contribution is 0.964. The Hall–Kier alpha value is -1.47. The summed E-state index contributed by atoms with van der Waals surface area (Å²) in [6.07, 6.45) is 5.63. The summed E-state index contributed by atoms with van der Waals surface area (Å²) in [6, 6.07) is 13.1. The lowest BCUT2D eigenvalue weighted by atomic mass is 9.87. The maximum absolute atomic E-state index is 4.60. The monoisotopic (exact) mass is 236 g/mol. The van der Waals surface area contributed by atoms with E-state index in [-0.39, 0.29) is 0 Å². The summed E-state index contributed by atoms with van der Waals surface area (Å²) >= 11 is 4.60. The number of hydrogen-bond donors (Lipinski definition) is 1. The first-order valence-electron chi connectivity index (χ1n) is 5.97. The van der Waals surface area contributed by atoms with Crippen LogP contribution in [0.3, 0.4) is 0 Å². The summed E-state index contributed by atoms with van der Waals surface area (Å²) in [5, 5.41) is 0. The Bertz CT molecular complexity index is 653. The number of rotatable bonds is 0. The second kappa shape index (κ2) is 3.27. The maximum Gasteiger partial charge on any atom is 0.0285 e. The highest BCUT2D eigenvalue weighted by atomic mass is 32.1. The molecule has 1 unspecified atom stereocenters. The molecule has 0 N–H and O–H groups in total. The zero-order valence-electron chi connectivity index (χ0n) is 9.35. The molecular formula is C16H12S. The first kappa shape index (κ1) is 9.55. The molecular weight excluding hydrogens is 224 g/mol. The van der Waals surface area contributed by atoms with E-state index in [1.54, 1.807) is 0 Å². The van der Waals surface area contributed by atoms with Crippen LogP contribution in [0.1, 0.15) is 22.6 Å². The van der Waals surface area contributed by atoms with Gasteiger partial charge in [0, 0.05) is 10.8 Å². The quantitative estimate of drug-likeness (QED) is 0.514. The summed E-state index contributed by atoms with van der Waals surface area (Å²) in [4.78, 5) is 1.13. The fourth-order valence-corrected chi connectivity index (χ4v) is 3.43. The van der Waals surface area contributed by atoms with E-state index in [4.69, 9.17) is 0 Å². The number of benzene rings is 2. The Morgan fingerprint density at radius 1 is 1.00 bits per heavy atom.